The van der Waals surface area contributed by atoms with Gasteiger partial charge in [0.25, 0.3) is 0 Å². The number of ether oxygens (including phenoxy) is 3. The Bertz CT molecular complexity index is 844. The summed E-state index contributed by atoms with van der Waals surface area (Å²) in [5.41, 5.74) is 0.585. The molecule has 1 fully saturated rings. The number of carbonyl (C=O) groups excluding carboxylic acids is 1. The predicted molar refractivity (Wildman–Crippen MR) is 99.7 cm³/mol. The quantitative estimate of drug-likeness (QED) is 0.832. The van der Waals surface area contributed by atoms with Gasteiger partial charge in [-0.2, -0.15) is 0 Å². The van der Waals surface area contributed by atoms with Crippen molar-refractivity contribution in [3.8, 4) is 17.2 Å². The molecule has 27 heavy (non-hydrogen) atoms. The van der Waals surface area contributed by atoms with Crippen molar-refractivity contribution in [1.29, 1.82) is 0 Å². The zero-order valence-electron chi connectivity index (χ0n) is 15.9. The van der Waals surface area contributed by atoms with Gasteiger partial charge in [-0.1, -0.05) is 0 Å². The van der Waals surface area contributed by atoms with Crippen LogP contribution in [0, 0.1) is 0 Å². The monoisotopic (exact) mass is 376 g/mol. The van der Waals surface area contributed by atoms with Crippen LogP contribution in [0.25, 0.3) is 10.9 Å². The van der Waals surface area contributed by atoms with Gasteiger partial charge in [-0.15, -0.1) is 0 Å². The number of hydrogen-bond donors (Lipinski definition) is 1. The van der Waals surface area contributed by atoms with Crippen molar-refractivity contribution < 1.29 is 24.1 Å². The molecule has 2 aromatic rings. The van der Waals surface area contributed by atoms with Crippen molar-refractivity contribution in [2.24, 2.45) is 0 Å². The molecule has 3 rings (SSSR count). The Morgan fingerprint density at radius 1 is 1.11 bits per heavy atom. The highest BCUT2D eigenvalue weighted by molar-refractivity contribution is 5.97. The number of hydrogen-bond acceptors (Lipinski definition) is 8. The molecule has 146 valence electrons. The fraction of sp³-hybridized carbons (Fsp3) is 0.500. The predicted octanol–water partition coefficient (Wildman–Crippen LogP) is 0.685. The maximum Gasteiger partial charge on any atom is 0.219 e. The number of rotatable bonds is 4. The van der Waals surface area contributed by atoms with Crippen molar-refractivity contribution >= 4 is 22.6 Å². The van der Waals surface area contributed by atoms with Crippen LogP contribution in [-0.2, 0) is 4.79 Å². The third kappa shape index (κ3) is 3.55. The summed E-state index contributed by atoms with van der Waals surface area (Å²) in [4.78, 5) is 24.1. The molecule has 1 amide bonds. The molecule has 1 aliphatic rings. The second-order valence-electron chi connectivity index (χ2n) is 6.30. The number of anilines is 1. The summed E-state index contributed by atoms with van der Waals surface area (Å²) >= 11 is 0. The lowest BCUT2D eigenvalue weighted by atomic mass is 10.1. The highest BCUT2D eigenvalue weighted by Crippen LogP contribution is 2.44. The summed E-state index contributed by atoms with van der Waals surface area (Å²) < 4.78 is 16.4. The summed E-state index contributed by atoms with van der Waals surface area (Å²) in [6, 6.07) is 1.80. The molecule has 0 aliphatic carbocycles. The number of aliphatic hydroxyl groups excluding tert-OH is 1. The number of nitrogens with zero attached hydrogens (tertiary/aromatic N) is 4. The van der Waals surface area contributed by atoms with E-state index < -0.39 is 6.10 Å². The highest BCUT2D eigenvalue weighted by Gasteiger charge is 2.26. The van der Waals surface area contributed by atoms with Gasteiger partial charge in [-0.05, 0) is 6.07 Å². The van der Waals surface area contributed by atoms with Crippen LogP contribution in [0.15, 0.2) is 12.4 Å². The van der Waals surface area contributed by atoms with E-state index in [0.29, 0.717) is 54.8 Å². The van der Waals surface area contributed by atoms with E-state index in [2.05, 4.69) is 9.97 Å². The zero-order valence-corrected chi connectivity index (χ0v) is 15.9. The molecule has 9 nitrogen and oxygen atoms in total. The molecule has 9 heteroatoms. The van der Waals surface area contributed by atoms with E-state index in [1.165, 1.54) is 20.4 Å². The van der Waals surface area contributed by atoms with E-state index in [1.807, 2.05) is 4.90 Å². The molecule has 0 bridgehead atoms. The van der Waals surface area contributed by atoms with Crippen molar-refractivity contribution in [3.63, 3.8) is 0 Å². The summed E-state index contributed by atoms with van der Waals surface area (Å²) in [5.74, 6) is 1.99. The van der Waals surface area contributed by atoms with Gasteiger partial charge in [0.05, 0.1) is 32.8 Å². The van der Waals surface area contributed by atoms with E-state index in [-0.39, 0.29) is 5.91 Å². The number of fused-ring (bicyclic) bond motifs is 1. The lowest BCUT2D eigenvalue weighted by Gasteiger charge is -2.24. The van der Waals surface area contributed by atoms with Gasteiger partial charge in [0.1, 0.15) is 17.7 Å². The van der Waals surface area contributed by atoms with Crippen molar-refractivity contribution in [2.75, 3.05) is 52.4 Å². The largest absolute Gasteiger partial charge is 0.493 e. The van der Waals surface area contributed by atoms with Gasteiger partial charge in [0.2, 0.25) is 11.7 Å². The molecular weight excluding hydrogens is 352 g/mol. The Hall–Kier alpha value is -2.81. The van der Waals surface area contributed by atoms with Crippen molar-refractivity contribution in [2.45, 2.75) is 13.0 Å². The van der Waals surface area contributed by atoms with E-state index >= 15 is 0 Å². The number of carbonyl (C=O) groups is 1. The van der Waals surface area contributed by atoms with E-state index in [4.69, 9.17) is 14.2 Å². The van der Waals surface area contributed by atoms with Gasteiger partial charge in [-0.3, -0.25) is 4.79 Å². The van der Waals surface area contributed by atoms with Crippen LogP contribution < -0.4 is 19.1 Å². The van der Waals surface area contributed by atoms with Gasteiger partial charge < -0.3 is 29.1 Å². The number of amides is 1. The zero-order chi connectivity index (χ0) is 19.6. The number of aliphatic hydroxyl groups is 1. The molecule has 0 spiro atoms. The van der Waals surface area contributed by atoms with Crippen LogP contribution in [0.5, 0.6) is 17.2 Å². The molecule has 1 N–H and O–H groups in total. The fourth-order valence-electron chi connectivity index (χ4n) is 3.37. The van der Waals surface area contributed by atoms with Gasteiger partial charge in [0.15, 0.2) is 11.5 Å². The molecule has 1 atom stereocenters. The highest BCUT2D eigenvalue weighted by atomic mass is 16.5. The average molecular weight is 376 g/mol. The second kappa shape index (κ2) is 7.83. The van der Waals surface area contributed by atoms with Crippen LogP contribution in [0.3, 0.4) is 0 Å². The van der Waals surface area contributed by atoms with Crippen molar-refractivity contribution in [3.05, 3.63) is 12.4 Å². The SMILES string of the molecule is COc1cc2c(N3CCN(C(C)=O)CC(O)C3)ncnc2c(OC)c1OC. The van der Waals surface area contributed by atoms with Crippen LogP contribution in [-0.4, -0.2) is 79.5 Å². The molecule has 0 radical (unpaired) electrons. The first-order valence-corrected chi connectivity index (χ1v) is 8.62. The maximum absolute atomic E-state index is 11.7. The van der Waals surface area contributed by atoms with E-state index in [1.54, 1.807) is 25.2 Å². The number of β-amino-alcohol motifs (C(OH)–C–C–N with tert-alkyl or cyclic N) is 1. The fourth-order valence-corrected chi connectivity index (χ4v) is 3.37. The number of benzene rings is 1. The molecule has 1 aliphatic heterocycles. The second-order valence-corrected chi connectivity index (χ2v) is 6.30. The minimum atomic E-state index is -0.677. The van der Waals surface area contributed by atoms with Crippen LogP contribution >= 0.6 is 0 Å². The molecule has 1 aromatic carbocycles. The molecular formula is C18H24N4O5. The third-order valence-corrected chi connectivity index (χ3v) is 4.66. The molecule has 1 aromatic heterocycles. The number of aromatic nitrogens is 2. The average Bonchev–Trinajstić information content (AvgIpc) is 2.87. The molecule has 1 saturated heterocycles. The first-order chi connectivity index (χ1) is 13.0. The minimum absolute atomic E-state index is 0.0588. The van der Waals surface area contributed by atoms with E-state index in [9.17, 15) is 9.90 Å². The minimum Gasteiger partial charge on any atom is -0.493 e. The Balaban J connectivity index is 2.10. The summed E-state index contributed by atoms with van der Waals surface area (Å²) in [6.07, 6.45) is 0.773. The van der Waals surface area contributed by atoms with Gasteiger partial charge >= 0.3 is 0 Å². The summed E-state index contributed by atoms with van der Waals surface area (Å²) in [6.45, 7) is 3.20. The van der Waals surface area contributed by atoms with Crippen LogP contribution in [0.2, 0.25) is 0 Å². The lowest BCUT2D eigenvalue weighted by Crippen LogP contribution is -2.36. The Morgan fingerprint density at radius 3 is 2.48 bits per heavy atom. The van der Waals surface area contributed by atoms with Gasteiger partial charge in [0, 0.05) is 33.1 Å². The molecule has 2 heterocycles. The summed E-state index contributed by atoms with van der Waals surface area (Å²) in [7, 11) is 4.63. The number of methoxy groups -OCH3 is 3. The van der Waals surface area contributed by atoms with E-state index in [0.717, 1.165) is 5.39 Å². The first kappa shape index (κ1) is 19.0. The topological polar surface area (TPSA) is 97.3 Å². The first-order valence-electron chi connectivity index (χ1n) is 8.62. The Kier molecular flexibility index (Phi) is 5.50. The lowest BCUT2D eigenvalue weighted by molar-refractivity contribution is -0.129. The Morgan fingerprint density at radius 2 is 1.85 bits per heavy atom. The van der Waals surface area contributed by atoms with Gasteiger partial charge in [-0.25, -0.2) is 9.97 Å². The normalized spacial score (nSPS) is 17.6. The van der Waals surface area contributed by atoms with Crippen molar-refractivity contribution in [1.82, 2.24) is 14.9 Å². The summed E-state index contributed by atoms with van der Waals surface area (Å²) in [5, 5.41) is 11.1. The van der Waals surface area contributed by atoms with Crippen LogP contribution in [0.4, 0.5) is 5.82 Å². The maximum atomic E-state index is 11.7. The standard InChI is InChI=1S/C18H24N4O5/c1-11(23)21-5-6-22(9-12(24)8-21)18-13-7-14(25-2)16(26-3)17(27-4)15(13)19-10-20-18/h7,10,12,24H,5-6,8-9H2,1-4H3. The Labute approximate surface area is 157 Å². The molecule has 0 saturated carbocycles. The molecule has 1 unspecified atom stereocenters. The smallest absolute Gasteiger partial charge is 0.219 e. The van der Waals surface area contributed by atoms with Crippen LogP contribution in [0.1, 0.15) is 6.92 Å². The third-order valence-electron chi connectivity index (χ3n) is 4.66.